The molecular weight excluding hydrogens is 418 g/mol. The number of nitrogens with two attached hydrogens (primary N) is 1. The van der Waals surface area contributed by atoms with Crippen molar-refractivity contribution in [2.45, 2.75) is 32.2 Å². The normalized spacial score (nSPS) is 12.6. The fourth-order valence-corrected chi connectivity index (χ4v) is 2.77. The summed E-state index contributed by atoms with van der Waals surface area (Å²) in [7, 11) is 0. The minimum absolute atomic E-state index is 0.0764. The Morgan fingerprint density at radius 3 is 2.53 bits per heavy atom. The van der Waals surface area contributed by atoms with E-state index < -0.39 is 11.9 Å². The molecule has 10 nitrogen and oxygen atoms in total. The summed E-state index contributed by atoms with van der Waals surface area (Å²) in [5.74, 6) is -2.11. The number of phenols is 1. The zero-order chi connectivity index (χ0) is 23.9. The molecule has 178 valence electrons. The van der Waals surface area contributed by atoms with Gasteiger partial charge in [-0.3, -0.25) is 14.4 Å². The number of hydrogen-bond acceptors (Lipinski definition) is 7. The molecule has 32 heavy (non-hydrogen) atoms. The van der Waals surface area contributed by atoms with Crippen LogP contribution >= 0.6 is 0 Å². The van der Waals surface area contributed by atoms with Crippen molar-refractivity contribution in [2.75, 3.05) is 38.3 Å². The minimum atomic E-state index is -0.898. The Bertz CT molecular complexity index is 770. The quantitative estimate of drug-likeness (QED) is 0.142. The average molecular weight is 452 g/mol. The molecule has 2 atom stereocenters. The van der Waals surface area contributed by atoms with Crippen molar-refractivity contribution >= 4 is 23.5 Å². The lowest BCUT2D eigenvalue weighted by molar-refractivity contribution is -0.141. The van der Waals surface area contributed by atoms with Crippen molar-refractivity contribution in [1.29, 1.82) is 0 Å². The molecule has 0 saturated heterocycles. The molecule has 0 aliphatic carbocycles. The highest BCUT2D eigenvalue weighted by atomic mass is 16.5. The first-order valence-electron chi connectivity index (χ1n) is 10.4. The number of benzene rings is 1. The predicted molar refractivity (Wildman–Crippen MR) is 119 cm³/mol. The lowest BCUT2D eigenvalue weighted by Gasteiger charge is -2.15. The number of carboxylic acid groups (broad SMARTS) is 1. The first-order chi connectivity index (χ1) is 15.2. The number of ether oxygens (including phenoxy) is 2. The standard InChI is InChI=1S/C22H33N3O7/c1-3-20(27)24-7-9-32-11-10-31-8-6-21(28)25-18-14-16(4-5-19(18)26)13-17(23)12-15(2)22(29)30/h3-5,14-15,17,26H,1,6-13,23H2,2H3,(H,24,27)(H,25,28)(H,29,30). The van der Waals surface area contributed by atoms with Gasteiger partial charge in [-0.05, 0) is 36.6 Å². The third kappa shape index (κ3) is 11.4. The van der Waals surface area contributed by atoms with Crippen molar-refractivity contribution in [1.82, 2.24) is 5.32 Å². The molecule has 10 heteroatoms. The number of amides is 2. The molecule has 0 aliphatic rings. The van der Waals surface area contributed by atoms with Crippen molar-refractivity contribution in [3.05, 3.63) is 36.4 Å². The molecule has 2 amide bonds. The van der Waals surface area contributed by atoms with Crippen LogP contribution in [0.25, 0.3) is 0 Å². The van der Waals surface area contributed by atoms with Gasteiger partial charge in [0.25, 0.3) is 0 Å². The van der Waals surface area contributed by atoms with E-state index in [9.17, 15) is 19.5 Å². The van der Waals surface area contributed by atoms with E-state index in [0.717, 1.165) is 5.56 Å². The van der Waals surface area contributed by atoms with Gasteiger partial charge in [0, 0.05) is 12.6 Å². The Morgan fingerprint density at radius 1 is 1.19 bits per heavy atom. The molecule has 0 heterocycles. The average Bonchev–Trinajstić information content (AvgIpc) is 2.74. The summed E-state index contributed by atoms with van der Waals surface area (Å²) in [6.07, 6.45) is 2.01. The molecule has 0 aliphatic heterocycles. The zero-order valence-corrected chi connectivity index (χ0v) is 18.3. The SMILES string of the molecule is C=CC(=O)NCCOCCOCCC(=O)Nc1cc(CC(N)CC(C)C(=O)O)ccc1O. The first kappa shape index (κ1) is 27.1. The number of carboxylic acids is 1. The summed E-state index contributed by atoms with van der Waals surface area (Å²) in [4.78, 5) is 34.0. The number of anilines is 1. The molecule has 0 aromatic heterocycles. The smallest absolute Gasteiger partial charge is 0.306 e. The topological polar surface area (TPSA) is 160 Å². The van der Waals surface area contributed by atoms with Crippen LogP contribution < -0.4 is 16.4 Å². The summed E-state index contributed by atoms with van der Waals surface area (Å²) in [5, 5.41) is 24.2. The summed E-state index contributed by atoms with van der Waals surface area (Å²) in [6.45, 7) is 6.47. The van der Waals surface area contributed by atoms with Gasteiger partial charge >= 0.3 is 5.97 Å². The fourth-order valence-electron chi connectivity index (χ4n) is 2.77. The molecule has 0 spiro atoms. The Balaban J connectivity index is 2.31. The molecule has 0 fully saturated rings. The van der Waals surface area contributed by atoms with E-state index in [1.54, 1.807) is 19.1 Å². The highest BCUT2D eigenvalue weighted by molar-refractivity contribution is 5.92. The molecule has 0 saturated carbocycles. The molecule has 2 unspecified atom stereocenters. The molecule has 0 radical (unpaired) electrons. The van der Waals surface area contributed by atoms with Crippen LogP contribution in [0.1, 0.15) is 25.3 Å². The van der Waals surface area contributed by atoms with Gasteiger partial charge in [-0.15, -0.1) is 0 Å². The van der Waals surface area contributed by atoms with Gasteiger partial charge in [-0.2, -0.15) is 0 Å². The van der Waals surface area contributed by atoms with E-state index in [2.05, 4.69) is 17.2 Å². The van der Waals surface area contributed by atoms with E-state index in [-0.39, 0.29) is 42.3 Å². The van der Waals surface area contributed by atoms with Gasteiger partial charge in [-0.1, -0.05) is 19.6 Å². The van der Waals surface area contributed by atoms with Gasteiger partial charge in [-0.25, -0.2) is 0 Å². The number of phenolic OH excluding ortho intramolecular Hbond substituents is 1. The second-order valence-corrected chi connectivity index (χ2v) is 7.31. The number of aromatic hydroxyl groups is 1. The number of aliphatic carboxylic acids is 1. The van der Waals surface area contributed by atoms with Gasteiger partial charge in [0.2, 0.25) is 11.8 Å². The minimum Gasteiger partial charge on any atom is -0.506 e. The number of hydrogen-bond donors (Lipinski definition) is 5. The van der Waals surface area contributed by atoms with Gasteiger partial charge < -0.3 is 36.1 Å². The van der Waals surface area contributed by atoms with Crippen LogP contribution in [0.15, 0.2) is 30.9 Å². The molecule has 1 rings (SSSR count). The highest BCUT2D eigenvalue weighted by Gasteiger charge is 2.16. The van der Waals surface area contributed by atoms with Crippen LogP contribution in [-0.4, -0.2) is 67.0 Å². The number of nitrogens with one attached hydrogen (secondary N) is 2. The van der Waals surface area contributed by atoms with Crippen LogP contribution in [0.3, 0.4) is 0 Å². The molecule has 1 aromatic rings. The van der Waals surface area contributed by atoms with E-state index in [0.29, 0.717) is 39.2 Å². The van der Waals surface area contributed by atoms with Crippen molar-refractivity contribution in [3.8, 4) is 5.75 Å². The second kappa shape index (κ2) is 15.0. The van der Waals surface area contributed by atoms with Crippen LogP contribution in [0, 0.1) is 5.92 Å². The van der Waals surface area contributed by atoms with Crippen LogP contribution in [0.4, 0.5) is 5.69 Å². The maximum Gasteiger partial charge on any atom is 0.306 e. The monoisotopic (exact) mass is 451 g/mol. The Morgan fingerprint density at radius 2 is 1.88 bits per heavy atom. The number of carbonyl (C=O) groups is 3. The van der Waals surface area contributed by atoms with Gasteiger partial charge in [0.15, 0.2) is 0 Å². The van der Waals surface area contributed by atoms with E-state index in [4.69, 9.17) is 20.3 Å². The molecule has 6 N–H and O–H groups in total. The number of carbonyl (C=O) groups excluding carboxylic acids is 2. The maximum atomic E-state index is 12.1. The fraction of sp³-hybridized carbons (Fsp3) is 0.500. The second-order valence-electron chi connectivity index (χ2n) is 7.31. The van der Waals surface area contributed by atoms with Gasteiger partial charge in [0.1, 0.15) is 5.75 Å². The summed E-state index contributed by atoms with van der Waals surface area (Å²) in [5.41, 5.74) is 7.06. The molecular formula is C22H33N3O7. The third-order valence-corrected chi connectivity index (χ3v) is 4.49. The van der Waals surface area contributed by atoms with Gasteiger partial charge in [0.05, 0.1) is 44.5 Å². The third-order valence-electron chi connectivity index (χ3n) is 4.49. The largest absolute Gasteiger partial charge is 0.506 e. The lowest BCUT2D eigenvalue weighted by Crippen LogP contribution is -2.28. The molecule has 0 bridgehead atoms. The van der Waals surface area contributed by atoms with Crippen LogP contribution in [0.2, 0.25) is 0 Å². The van der Waals surface area contributed by atoms with Crippen molar-refractivity contribution in [3.63, 3.8) is 0 Å². The Kier molecular flexibility index (Phi) is 12.7. The summed E-state index contributed by atoms with van der Waals surface area (Å²) < 4.78 is 10.6. The van der Waals surface area contributed by atoms with E-state index in [1.165, 1.54) is 12.1 Å². The predicted octanol–water partition coefficient (Wildman–Crippen LogP) is 1.04. The Labute approximate surface area is 187 Å². The first-order valence-corrected chi connectivity index (χ1v) is 10.4. The highest BCUT2D eigenvalue weighted by Crippen LogP contribution is 2.25. The summed E-state index contributed by atoms with van der Waals surface area (Å²) in [6, 6.07) is 4.41. The summed E-state index contributed by atoms with van der Waals surface area (Å²) >= 11 is 0. The van der Waals surface area contributed by atoms with Crippen molar-refractivity contribution < 1.29 is 34.1 Å². The van der Waals surface area contributed by atoms with Crippen LogP contribution in [-0.2, 0) is 30.3 Å². The zero-order valence-electron chi connectivity index (χ0n) is 18.3. The maximum absolute atomic E-state index is 12.1. The van der Waals surface area contributed by atoms with E-state index in [1.807, 2.05) is 0 Å². The molecule has 1 aromatic carbocycles. The number of rotatable bonds is 16. The lowest BCUT2D eigenvalue weighted by atomic mass is 9.96. The Hall–Kier alpha value is -2.95. The van der Waals surface area contributed by atoms with E-state index >= 15 is 0 Å². The van der Waals surface area contributed by atoms with Crippen LogP contribution in [0.5, 0.6) is 5.75 Å². The van der Waals surface area contributed by atoms with Crippen molar-refractivity contribution in [2.24, 2.45) is 11.7 Å².